The fourth-order valence-electron chi connectivity index (χ4n) is 3.45. The molecular formula is C25H27NO4S. The van der Waals surface area contributed by atoms with E-state index in [2.05, 4.69) is 4.72 Å². The maximum atomic E-state index is 13.2. The summed E-state index contributed by atoms with van der Waals surface area (Å²) in [5.41, 5.74) is 2.59. The summed E-state index contributed by atoms with van der Waals surface area (Å²) in [7, 11) is -3.87. The Labute approximate surface area is 184 Å². The molecule has 2 unspecified atom stereocenters. The molecule has 3 aromatic rings. The third-order valence-corrected chi connectivity index (χ3v) is 6.52. The Morgan fingerprint density at radius 2 is 1.48 bits per heavy atom. The monoisotopic (exact) mass is 437 g/mol. The lowest BCUT2D eigenvalue weighted by Gasteiger charge is -2.27. The maximum Gasteiger partial charge on any atom is 0.311 e. The van der Waals surface area contributed by atoms with Crippen LogP contribution in [0.2, 0.25) is 0 Å². The van der Waals surface area contributed by atoms with Crippen LogP contribution in [0.15, 0.2) is 89.8 Å². The number of esters is 1. The highest BCUT2D eigenvalue weighted by Crippen LogP contribution is 2.29. The standard InChI is InChI=1S/C25H27NO4S/c1-3-30-25(27)23(18-20-10-6-4-7-11-20)24(21-12-8-5-9-13-21)26-31(28,29)22-16-14-19(2)15-17-22/h4-17,23-24,26H,3,18H2,1-2H3. The van der Waals surface area contributed by atoms with E-state index in [0.717, 1.165) is 11.1 Å². The molecule has 0 aliphatic heterocycles. The van der Waals surface area contributed by atoms with Crippen molar-refractivity contribution in [1.29, 1.82) is 0 Å². The average molecular weight is 438 g/mol. The zero-order valence-corrected chi connectivity index (χ0v) is 18.5. The molecule has 0 aromatic heterocycles. The van der Waals surface area contributed by atoms with E-state index < -0.39 is 28.0 Å². The van der Waals surface area contributed by atoms with Gasteiger partial charge in [-0.3, -0.25) is 4.79 Å². The van der Waals surface area contributed by atoms with Gasteiger partial charge in [0.1, 0.15) is 0 Å². The number of benzene rings is 3. The molecule has 3 aromatic carbocycles. The van der Waals surface area contributed by atoms with Crippen molar-refractivity contribution in [1.82, 2.24) is 4.72 Å². The van der Waals surface area contributed by atoms with E-state index in [9.17, 15) is 13.2 Å². The number of hydrogen-bond acceptors (Lipinski definition) is 4. The molecule has 3 rings (SSSR count). The first kappa shape index (κ1) is 22.7. The molecule has 0 aliphatic carbocycles. The largest absolute Gasteiger partial charge is 0.466 e. The molecule has 0 bridgehead atoms. The van der Waals surface area contributed by atoms with Gasteiger partial charge in [-0.25, -0.2) is 13.1 Å². The first-order valence-corrected chi connectivity index (χ1v) is 11.7. The van der Waals surface area contributed by atoms with Crippen molar-refractivity contribution in [2.24, 2.45) is 5.92 Å². The van der Waals surface area contributed by atoms with Crippen molar-refractivity contribution in [3.63, 3.8) is 0 Å². The van der Waals surface area contributed by atoms with Gasteiger partial charge in [-0.15, -0.1) is 0 Å². The average Bonchev–Trinajstić information content (AvgIpc) is 2.78. The summed E-state index contributed by atoms with van der Waals surface area (Å²) < 4.78 is 34.5. The minimum Gasteiger partial charge on any atom is -0.466 e. The van der Waals surface area contributed by atoms with Crippen LogP contribution in [0.4, 0.5) is 0 Å². The molecule has 1 N–H and O–H groups in total. The third kappa shape index (κ3) is 6.03. The molecule has 0 aliphatic rings. The van der Waals surface area contributed by atoms with Gasteiger partial charge in [0.2, 0.25) is 10.0 Å². The molecular weight excluding hydrogens is 410 g/mol. The van der Waals surface area contributed by atoms with Gasteiger partial charge in [0.15, 0.2) is 0 Å². The Morgan fingerprint density at radius 3 is 2.06 bits per heavy atom. The zero-order valence-electron chi connectivity index (χ0n) is 17.7. The van der Waals surface area contributed by atoms with Gasteiger partial charge >= 0.3 is 5.97 Å². The van der Waals surface area contributed by atoms with Gasteiger partial charge in [0.25, 0.3) is 0 Å². The molecule has 0 amide bonds. The SMILES string of the molecule is CCOC(=O)C(Cc1ccccc1)C(NS(=O)(=O)c1ccc(C)cc1)c1ccccc1. The number of carbonyl (C=O) groups excluding carboxylic acids is 1. The second-order valence-electron chi connectivity index (χ2n) is 7.37. The fourth-order valence-corrected chi connectivity index (χ4v) is 4.72. The topological polar surface area (TPSA) is 72.5 Å². The minimum atomic E-state index is -3.87. The normalized spacial score (nSPS) is 13.4. The number of ether oxygens (including phenoxy) is 1. The summed E-state index contributed by atoms with van der Waals surface area (Å²) >= 11 is 0. The first-order valence-electron chi connectivity index (χ1n) is 10.2. The van der Waals surface area contributed by atoms with Crippen LogP contribution in [-0.2, 0) is 26.0 Å². The van der Waals surface area contributed by atoms with Gasteiger partial charge in [-0.1, -0.05) is 78.4 Å². The summed E-state index contributed by atoms with van der Waals surface area (Å²) in [6.07, 6.45) is 0.343. The number of carbonyl (C=O) groups is 1. The van der Waals surface area contributed by atoms with Crippen molar-refractivity contribution >= 4 is 16.0 Å². The number of sulfonamides is 1. The van der Waals surface area contributed by atoms with E-state index in [4.69, 9.17) is 4.74 Å². The lowest BCUT2D eigenvalue weighted by Crippen LogP contribution is -2.38. The second-order valence-corrected chi connectivity index (χ2v) is 9.08. The molecule has 31 heavy (non-hydrogen) atoms. The number of hydrogen-bond donors (Lipinski definition) is 1. The van der Waals surface area contributed by atoms with Gasteiger partial charge in [-0.2, -0.15) is 0 Å². The molecule has 0 heterocycles. The molecule has 0 fully saturated rings. The molecule has 6 heteroatoms. The first-order chi connectivity index (χ1) is 14.9. The maximum absolute atomic E-state index is 13.2. The highest BCUT2D eigenvalue weighted by atomic mass is 32.2. The number of rotatable bonds is 9. The van der Waals surface area contributed by atoms with Crippen LogP contribution in [0.25, 0.3) is 0 Å². The molecule has 0 saturated heterocycles. The van der Waals surface area contributed by atoms with Crippen LogP contribution < -0.4 is 4.72 Å². The Morgan fingerprint density at radius 1 is 0.903 bits per heavy atom. The fraction of sp³-hybridized carbons (Fsp3) is 0.240. The van der Waals surface area contributed by atoms with Crippen LogP contribution in [-0.4, -0.2) is 21.0 Å². The van der Waals surface area contributed by atoms with Crippen molar-refractivity contribution in [3.8, 4) is 0 Å². The Hall–Kier alpha value is -2.96. The van der Waals surface area contributed by atoms with Crippen molar-refractivity contribution < 1.29 is 17.9 Å². The highest BCUT2D eigenvalue weighted by molar-refractivity contribution is 7.89. The molecule has 162 valence electrons. The zero-order chi connectivity index (χ0) is 22.3. The van der Waals surface area contributed by atoms with Crippen molar-refractivity contribution in [2.45, 2.75) is 31.2 Å². The second kappa shape index (κ2) is 10.4. The van der Waals surface area contributed by atoms with Crippen LogP contribution in [0.5, 0.6) is 0 Å². The number of nitrogens with one attached hydrogen (secondary N) is 1. The predicted octanol–water partition coefficient (Wildman–Crippen LogP) is 4.44. The van der Waals surface area contributed by atoms with Gasteiger partial charge in [-0.05, 0) is 43.5 Å². The Bertz CT molecular complexity index is 1080. The quantitative estimate of drug-likeness (QED) is 0.503. The van der Waals surface area contributed by atoms with Gasteiger partial charge in [0, 0.05) is 0 Å². The van der Waals surface area contributed by atoms with E-state index in [1.165, 1.54) is 0 Å². The highest BCUT2D eigenvalue weighted by Gasteiger charge is 2.34. The minimum absolute atomic E-state index is 0.154. The van der Waals surface area contributed by atoms with Crippen molar-refractivity contribution in [3.05, 3.63) is 102 Å². The Kier molecular flexibility index (Phi) is 7.60. The molecule has 0 spiro atoms. The molecule has 2 atom stereocenters. The van der Waals surface area contributed by atoms with Crippen LogP contribution >= 0.6 is 0 Å². The summed E-state index contributed by atoms with van der Waals surface area (Å²) in [6, 6.07) is 24.5. The summed E-state index contributed by atoms with van der Waals surface area (Å²) in [5, 5.41) is 0. The van der Waals surface area contributed by atoms with Crippen molar-refractivity contribution in [2.75, 3.05) is 6.61 Å². The Balaban J connectivity index is 2.02. The summed E-state index contributed by atoms with van der Waals surface area (Å²) in [6.45, 7) is 3.86. The van der Waals surface area contributed by atoms with E-state index in [0.29, 0.717) is 12.0 Å². The van der Waals surface area contributed by atoms with E-state index in [1.807, 2.05) is 67.6 Å². The summed E-state index contributed by atoms with van der Waals surface area (Å²) in [5.74, 6) is -1.17. The van der Waals surface area contributed by atoms with Crippen LogP contribution in [0, 0.1) is 12.8 Å². The molecule has 0 radical (unpaired) electrons. The van der Waals surface area contributed by atoms with E-state index >= 15 is 0 Å². The predicted molar refractivity (Wildman–Crippen MR) is 121 cm³/mol. The van der Waals surface area contributed by atoms with Gasteiger partial charge < -0.3 is 4.74 Å². The number of aryl methyl sites for hydroxylation is 1. The lowest BCUT2D eigenvalue weighted by atomic mass is 9.88. The van der Waals surface area contributed by atoms with Crippen LogP contribution in [0.1, 0.15) is 29.7 Å². The van der Waals surface area contributed by atoms with Gasteiger partial charge in [0.05, 0.1) is 23.5 Å². The molecule has 0 saturated carbocycles. The third-order valence-electron chi connectivity index (χ3n) is 5.06. The van der Waals surface area contributed by atoms with E-state index in [1.54, 1.807) is 31.2 Å². The van der Waals surface area contributed by atoms with E-state index in [-0.39, 0.29) is 11.5 Å². The molecule has 5 nitrogen and oxygen atoms in total. The lowest BCUT2D eigenvalue weighted by molar-refractivity contribution is -0.149. The summed E-state index contributed by atoms with van der Waals surface area (Å²) in [4.78, 5) is 13.1. The van der Waals surface area contributed by atoms with Crippen LogP contribution in [0.3, 0.4) is 0 Å². The smallest absolute Gasteiger partial charge is 0.311 e.